The van der Waals surface area contributed by atoms with Crippen molar-refractivity contribution in [3.63, 3.8) is 0 Å². The van der Waals surface area contributed by atoms with Crippen molar-refractivity contribution in [3.8, 4) is 0 Å². The second kappa shape index (κ2) is 7.83. The second-order valence-corrected chi connectivity index (χ2v) is 8.02. The Morgan fingerprint density at radius 2 is 1.74 bits per heavy atom. The zero-order chi connectivity index (χ0) is 18.7. The lowest BCUT2D eigenvalue weighted by atomic mass is 9.86. The van der Waals surface area contributed by atoms with E-state index in [0.717, 1.165) is 26.2 Å². The van der Waals surface area contributed by atoms with E-state index in [1.54, 1.807) is 0 Å². The summed E-state index contributed by atoms with van der Waals surface area (Å²) in [4.78, 5) is 17.3. The van der Waals surface area contributed by atoms with Gasteiger partial charge in [0, 0.05) is 44.1 Å². The Balaban J connectivity index is 1.49. The third-order valence-corrected chi connectivity index (χ3v) is 5.92. The average molecular weight is 364 g/mol. The number of amides is 1. The molecule has 2 aliphatic heterocycles. The molecule has 142 valence electrons. The molecular weight excluding hydrogens is 336 g/mol. The van der Waals surface area contributed by atoms with E-state index in [1.807, 2.05) is 23.1 Å². The largest absolute Gasteiger partial charge is 0.379 e. The van der Waals surface area contributed by atoms with Gasteiger partial charge in [0.15, 0.2) is 0 Å². The maximum absolute atomic E-state index is 12.8. The molecule has 2 atom stereocenters. The number of rotatable bonds is 4. The van der Waals surface area contributed by atoms with Crippen molar-refractivity contribution in [2.75, 3.05) is 32.8 Å². The van der Waals surface area contributed by atoms with E-state index < -0.39 is 0 Å². The van der Waals surface area contributed by atoms with Gasteiger partial charge in [0.25, 0.3) is 0 Å². The second-order valence-electron chi connectivity index (χ2n) is 8.02. The van der Waals surface area contributed by atoms with Crippen molar-refractivity contribution in [2.24, 2.45) is 5.41 Å². The van der Waals surface area contributed by atoms with Gasteiger partial charge < -0.3 is 9.64 Å². The van der Waals surface area contributed by atoms with Crippen LogP contribution < -0.4 is 0 Å². The normalized spacial score (nSPS) is 24.9. The molecule has 0 radical (unpaired) electrons. The fourth-order valence-corrected chi connectivity index (χ4v) is 4.43. The van der Waals surface area contributed by atoms with E-state index >= 15 is 0 Å². The number of nitrogens with zero attached hydrogens (tertiary/aromatic N) is 2. The lowest BCUT2D eigenvalue weighted by Gasteiger charge is -2.35. The summed E-state index contributed by atoms with van der Waals surface area (Å²) in [6, 6.07) is 21.2. The first-order valence-corrected chi connectivity index (χ1v) is 9.84. The standard InChI is InChI=1S/C23H28N2O2/c1-19(21-10-6-3-7-11-21)24-12-13-27-18-23(16-24)14-22(26)25(17-23)15-20-8-4-2-5-9-20/h2-11,19H,12-18H2,1H3. The quantitative estimate of drug-likeness (QED) is 0.832. The molecule has 4 heteroatoms. The van der Waals surface area contributed by atoms with Crippen LogP contribution in [0, 0.1) is 5.41 Å². The van der Waals surface area contributed by atoms with Crippen molar-refractivity contribution in [1.29, 1.82) is 0 Å². The fourth-order valence-electron chi connectivity index (χ4n) is 4.43. The molecule has 0 aliphatic carbocycles. The Hall–Kier alpha value is -2.17. The number of carbonyl (C=O) groups excluding carboxylic acids is 1. The molecule has 2 heterocycles. The summed E-state index contributed by atoms with van der Waals surface area (Å²) in [5.74, 6) is 0.247. The minimum absolute atomic E-state index is 0.106. The van der Waals surface area contributed by atoms with Crippen molar-refractivity contribution >= 4 is 5.91 Å². The highest BCUT2D eigenvalue weighted by atomic mass is 16.5. The Morgan fingerprint density at radius 1 is 1.04 bits per heavy atom. The average Bonchev–Trinajstić information content (AvgIpc) is 2.87. The van der Waals surface area contributed by atoms with Crippen molar-refractivity contribution in [2.45, 2.75) is 25.9 Å². The monoisotopic (exact) mass is 364 g/mol. The van der Waals surface area contributed by atoms with E-state index in [1.165, 1.54) is 11.1 Å². The Kier molecular flexibility index (Phi) is 5.28. The predicted octanol–water partition coefficient (Wildman–Crippen LogP) is 3.50. The Morgan fingerprint density at radius 3 is 2.48 bits per heavy atom. The number of likely N-dealkylation sites (tertiary alicyclic amines) is 1. The lowest BCUT2D eigenvalue weighted by molar-refractivity contribution is -0.128. The molecule has 2 aromatic rings. The molecular formula is C23H28N2O2. The smallest absolute Gasteiger partial charge is 0.223 e. The van der Waals surface area contributed by atoms with Gasteiger partial charge in [-0.3, -0.25) is 9.69 Å². The first-order chi connectivity index (χ1) is 13.2. The van der Waals surface area contributed by atoms with Crippen LogP contribution in [0.15, 0.2) is 60.7 Å². The molecule has 4 nitrogen and oxygen atoms in total. The fraction of sp³-hybridized carbons (Fsp3) is 0.435. The number of benzene rings is 2. The number of carbonyl (C=O) groups is 1. The zero-order valence-electron chi connectivity index (χ0n) is 16.0. The molecule has 1 spiro atoms. The summed E-state index contributed by atoms with van der Waals surface area (Å²) in [6.45, 7) is 6.93. The van der Waals surface area contributed by atoms with Crippen LogP contribution in [0.5, 0.6) is 0 Å². The summed E-state index contributed by atoms with van der Waals surface area (Å²) in [6.07, 6.45) is 0.581. The van der Waals surface area contributed by atoms with E-state index in [4.69, 9.17) is 4.74 Å². The number of hydrogen-bond donors (Lipinski definition) is 0. The third-order valence-electron chi connectivity index (χ3n) is 5.92. The molecule has 2 unspecified atom stereocenters. The Bertz CT molecular complexity index is 764. The van der Waals surface area contributed by atoms with E-state index in [2.05, 4.69) is 54.3 Å². The minimum atomic E-state index is -0.106. The van der Waals surface area contributed by atoms with Crippen LogP contribution in [-0.2, 0) is 16.1 Å². The maximum Gasteiger partial charge on any atom is 0.223 e. The van der Waals surface area contributed by atoms with E-state index in [9.17, 15) is 4.79 Å². The minimum Gasteiger partial charge on any atom is -0.379 e. The van der Waals surface area contributed by atoms with Gasteiger partial charge in [-0.15, -0.1) is 0 Å². The van der Waals surface area contributed by atoms with Crippen LogP contribution in [-0.4, -0.2) is 48.6 Å². The molecule has 2 saturated heterocycles. The molecule has 2 aliphatic rings. The first-order valence-electron chi connectivity index (χ1n) is 9.84. The summed E-state index contributed by atoms with van der Waals surface area (Å²) < 4.78 is 5.97. The Labute approximate surface area is 161 Å². The van der Waals surface area contributed by atoms with Crippen molar-refractivity contribution in [3.05, 3.63) is 71.8 Å². The maximum atomic E-state index is 12.8. The van der Waals surface area contributed by atoms with Gasteiger partial charge in [-0.1, -0.05) is 60.7 Å². The summed E-state index contributed by atoms with van der Waals surface area (Å²) in [7, 11) is 0. The van der Waals surface area contributed by atoms with Crippen molar-refractivity contribution in [1.82, 2.24) is 9.80 Å². The van der Waals surface area contributed by atoms with Crippen LogP contribution in [0.1, 0.15) is 30.5 Å². The molecule has 1 amide bonds. The summed E-state index contributed by atoms with van der Waals surface area (Å²) >= 11 is 0. The van der Waals surface area contributed by atoms with Crippen LogP contribution in [0.3, 0.4) is 0 Å². The van der Waals surface area contributed by atoms with Crippen LogP contribution in [0.2, 0.25) is 0 Å². The topological polar surface area (TPSA) is 32.8 Å². The van der Waals surface area contributed by atoms with Gasteiger partial charge in [0.1, 0.15) is 0 Å². The van der Waals surface area contributed by atoms with Gasteiger partial charge in [0.05, 0.1) is 13.2 Å². The highest BCUT2D eigenvalue weighted by Gasteiger charge is 2.46. The van der Waals surface area contributed by atoms with Crippen LogP contribution >= 0.6 is 0 Å². The third kappa shape index (κ3) is 4.07. The molecule has 0 N–H and O–H groups in total. The SMILES string of the molecule is CC(c1ccccc1)N1CCOCC2(CC(=O)N(Cc3ccccc3)C2)C1. The highest BCUT2D eigenvalue weighted by Crippen LogP contribution is 2.37. The first kappa shape index (κ1) is 18.2. The zero-order valence-corrected chi connectivity index (χ0v) is 16.0. The molecule has 0 aromatic heterocycles. The lowest BCUT2D eigenvalue weighted by Crippen LogP contribution is -2.41. The molecule has 0 bridgehead atoms. The van der Waals surface area contributed by atoms with E-state index in [0.29, 0.717) is 25.6 Å². The predicted molar refractivity (Wildman–Crippen MR) is 106 cm³/mol. The van der Waals surface area contributed by atoms with Crippen LogP contribution in [0.4, 0.5) is 0 Å². The summed E-state index contributed by atoms with van der Waals surface area (Å²) in [5.41, 5.74) is 2.40. The van der Waals surface area contributed by atoms with Gasteiger partial charge in [-0.05, 0) is 18.1 Å². The van der Waals surface area contributed by atoms with Gasteiger partial charge in [0.2, 0.25) is 5.91 Å². The molecule has 27 heavy (non-hydrogen) atoms. The molecule has 2 fully saturated rings. The van der Waals surface area contributed by atoms with E-state index in [-0.39, 0.29) is 11.3 Å². The molecule has 4 rings (SSSR count). The van der Waals surface area contributed by atoms with Gasteiger partial charge in [-0.2, -0.15) is 0 Å². The number of hydrogen-bond acceptors (Lipinski definition) is 3. The highest BCUT2D eigenvalue weighted by molar-refractivity contribution is 5.79. The molecule has 0 saturated carbocycles. The van der Waals surface area contributed by atoms with Crippen molar-refractivity contribution < 1.29 is 9.53 Å². The van der Waals surface area contributed by atoms with Crippen LogP contribution in [0.25, 0.3) is 0 Å². The van der Waals surface area contributed by atoms with Gasteiger partial charge >= 0.3 is 0 Å². The summed E-state index contributed by atoms with van der Waals surface area (Å²) in [5, 5.41) is 0. The number of ether oxygens (including phenoxy) is 1. The van der Waals surface area contributed by atoms with Gasteiger partial charge in [-0.25, -0.2) is 0 Å². The molecule has 2 aromatic carbocycles.